The van der Waals surface area contributed by atoms with Crippen LogP contribution in [0.1, 0.15) is 50.5 Å². The van der Waals surface area contributed by atoms with Crippen molar-refractivity contribution in [1.82, 2.24) is 15.6 Å². The van der Waals surface area contributed by atoms with Gasteiger partial charge in [0.25, 0.3) is 0 Å². The molecule has 0 aliphatic carbocycles. The van der Waals surface area contributed by atoms with Crippen molar-refractivity contribution in [3.63, 3.8) is 0 Å². The van der Waals surface area contributed by atoms with Gasteiger partial charge in [0.15, 0.2) is 0 Å². The van der Waals surface area contributed by atoms with Crippen molar-refractivity contribution in [1.29, 1.82) is 0 Å². The summed E-state index contributed by atoms with van der Waals surface area (Å²) in [6, 6.07) is 6.06. The molecule has 0 unspecified atom stereocenters. The molecule has 1 aromatic heterocycles. The van der Waals surface area contributed by atoms with Crippen LogP contribution in [0.3, 0.4) is 0 Å². The predicted octanol–water partition coefficient (Wildman–Crippen LogP) is 1.41. The van der Waals surface area contributed by atoms with Gasteiger partial charge in [0, 0.05) is 23.5 Å². The first-order valence-corrected chi connectivity index (χ1v) is 11.2. The zero-order chi connectivity index (χ0) is 23.3. The summed E-state index contributed by atoms with van der Waals surface area (Å²) in [7, 11) is 0. The number of aromatic amines is 1. The summed E-state index contributed by atoms with van der Waals surface area (Å²) in [5.74, 6) is -1.83. The Morgan fingerprint density at radius 2 is 1.59 bits per heavy atom. The van der Waals surface area contributed by atoms with Crippen molar-refractivity contribution in [2.75, 3.05) is 13.1 Å². The number of amides is 2. The number of aliphatic carboxylic acids is 1. The molecule has 0 fully saturated rings. The van der Waals surface area contributed by atoms with Crippen LogP contribution in [0.4, 0.5) is 0 Å². The fourth-order valence-corrected chi connectivity index (χ4v) is 3.64. The summed E-state index contributed by atoms with van der Waals surface area (Å²) in [6.45, 7) is 0.953. The first kappa shape index (κ1) is 25.4. The molecular weight excluding hydrogens is 410 g/mol. The Labute approximate surface area is 188 Å². The highest BCUT2D eigenvalue weighted by atomic mass is 16.4. The Hall–Kier alpha value is -2.91. The summed E-state index contributed by atoms with van der Waals surface area (Å²) in [5, 5.41) is 15.8. The lowest BCUT2D eigenvalue weighted by molar-refractivity contribution is -0.142. The molecule has 176 valence electrons. The average Bonchev–Trinajstić information content (AvgIpc) is 3.19. The second kappa shape index (κ2) is 13.5. The number of H-pyrrole nitrogens is 1. The summed E-state index contributed by atoms with van der Waals surface area (Å²) in [6.07, 6.45) is 6.00. The van der Waals surface area contributed by atoms with E-state index in [4.69, 9.17) is 11.5 Å². The van der Waals surface area contributed by atoms with Crippen LogP contribution in [0.5, 0.6) is 0 Å². The van der Waals surface area contributed by atoms with Gasteiger partial charge in [-0.1, -0.05) is 18.2 Å². The number of para-hydroxylation sites is 1. The number of aromatic nitrogens is 1. The van der Waals surface area contributed by atoms with Crippen molar-refractivity contribution in [2.24, 2.45) is 11.5 Å². The Morgan fingerprint density at radius 1 is 0.938 bits per heavy atom. The molecule has 0 saturated carbocycles. The maximum absolute atomic E-state index is 12.8. The highest BCUT2D eigenvalue weighted by molar-refractivity contribution is 5.90. The van der Waals surface area contributed by atoms with Crippen molar-refractivity contribution in [3.05, 3.63) is 36.0 Å². The highest BCUT2D eigenvalue weighted by Gasteiger charge is 2.26. The molecule has 0 saturated heterocycles. The first-order chi connectivity index (χ1) is 15.5. The first-order valence-electron chi connectivity index (χ1n) is 11.2. The van der Waals surface area contributed by atoms with Gasteiger partial charge in [-0.15, -0.1) is 0 Å². The third-order valence-electron chi connectivity index (χ3n) is 5.46. The number of fused-ring (bicyclic) bond motifs is 1. The van der Waals surface area contributed by atoms with Crippen LogP contribution in [-0.4, -0.2) is 53.0 Å². The van der Waals surface area contributed by atoms with Gasteiger partial charge in [0.05, 0.1) is 0 Å². The van der Waals surface area contributed by atoms with E-state index in [0.29, 0.717) is 58.0 Å². The summed E-state index contributed by atoms with van der Waals surface area (Å²) in [5.41, 5.74) is 13.1. The van der Waals surface area contributed by atoms with E-state index in [0.717, 1.165) is 16.5 Å². The number of carboxylic acids is 1. The second-order valence-electron chi connectivity index (χ2n) is 7.95. The molecule has 0 radical (unpaired) electrons. The number of hydrogen-bond donors (Lipinski definition) is 6. The fourth-order valence-electron chi connectivity index (χ4n) is 3.64. The molecule has 32 heavy (non-hydrogen) atoms. The Kier molecular flexibility index (Phi) is 10.7. The van der Waals surface area contributed by atoms with Crippen molar-refractivity contribution in [2.45, 2.75) is 63.5 Å². The molecule has 9 nitrogen and oxygen atoms in total. The van der Waals surface area contributed by atoms with Gasteiger partial charge in [-0.3, -0.25) is 9.59 Å². The van der Waals surface area contributed by atoms with E-state index in [1.54, 1.807) is 0 Å². The lowest BCUT2D eigenvalue weighted by Crippen LogP contribution is -2.51. The maximum atomic E-state index is 12.8. The normalized spacial score (nSPS) is 12.9. The Balaban J connectivity index is 1.95. The SMILES string of the molecule is NCCCC[C@H](NC(=O)[C@H](CCCCN)NC(=O)CCc1c[nH]c2ccccc12)C(=O)O. The van der Waals surface area contributed by atoms with Crippen LogP contribution < -0.4 is 22.1 Å². The van der Waals surface area contributed by atoms with E-state index in [1.165, 1.54) is 0 Å². The topological polar surface area (TPSA) is 163 Å². The average molecular weight is 446 g/mol. The predicted molar refractivity (Wildman–Crippen MR) is 124 cm³/mol. The number of rotatable bonds is 15. The van der Waals surface area contributed by atoms with Crippen LogP contribution in [0.2, 0.25) is 0 Å². The smallest absolute Gasteiger partial charge is 0.326 e. The van der Waals surface area contributed by atoms with Crippen LogP contribution in [0, 0.1) is 0 Å². The van der Waals surface area contributed by atoms with Gasteiger partial charge in [-0.2, -0.15) is 0 Å². The van der Waals surface area contributed by atoms with Gasteiger partial charge in [0.2, 0.25) is 11.8 Å². The zero-order valence-electron chi connectivity index (χ0n) is 18.4. The number of carboxylic acid groups (broad SMARTS) is 1. The molecule has 2 atom stereocenters. The monoisotopic (exact) mass is 445 g/mol. The zero-order valence-corrected chi connectivity index (χ0v) is 18.4. The molecule has 2 rings (SSSR count). The molecule has 0 aliphatic heterocycles. The molecular formula is C23H35N5O4. The van der Waals surface area contributed by atoms with E-state index in [2.05, 4.69) is 15.6 Å². The second-order valence-corrected chi connectivity index (χ2v) is 7.95. The quantitative estimate of drug-likeness (QED) is 0.227. The minimum Gasteiger partial charge on any atom is -0.480 e. The lowest BCUT2D eigenvalue weighted by atomic mass is 10.0. The van der Waals surface area contributed by atoms with E-state index < -0.39 is 24.0 Å². The van der Waals surface area contributed by atoms with Gasteiger partial charge in [-0.05, 0) is 69.7 Å². The number of benzene rings is 1. The lowest BCUT2D eigenvalue weighted by Gasteiger charge is -2.21. The number of aryl methyl sites for hydroxylation is 1. The number of carbonyl (C=O) groups excluding carboxylic acids is 2. The third kappa shape index (κ3) is 7.97. The van der Waals surface area contributed by atoms with Crippen molar-refractivity contribution in [3.8, 4) is 0 Å². The number of carbonyl (C=O) groups is 3. The Morgan fingerprint density at radius 3 is 2.25 bits per heavy atom. The third-order valence-corrected chi connectivity index (χ3v) is 5.46. The fraction of sp³-hybridized carbons (Fsp3) is 0.522. The minimum absolute atomic E-state index is 0.224. The van der Waals surface area contributed by atoms with E-state index in [9.17, 15) is 19.5 Å². The van der Waals surface area contributed by atoms with Crippen molar-refractivity contribution >= 4 is 28.7 Å². The van der Waals surface area contributed by atoms with Gasteiger partial charge in [-0.25, -0.2) is 4.79 Å². The van der Waals surface area contributed by atoms with Crippen LogP contribution in [0.15, 0.2) is 30.5 Å². The number of unbranched alkanes of at least 4 members (excludes halogenated alkanes) is 2. The molecule has 2 aromatic rings. The van der Waals surface area contributed by atoms with Crippen LogP contribution >= 0.6 is 0 Å². The minimum atomic E-state index is -1.10. The molecule has 0 bridgehead atoms. The summed E-state index contributed by atoms with van der Waals surface area (Å²) in [4.78, 5) is 40.1. The molecule has 1 heterocycles. The molecule has 2 amide bonds. The largest absolute Gasteiger partial charge is 0.480 e. The van der Waals surface area contributed by atoms with E-state index >= 15 is 0 Å². The number of nitrogens with one attached hydrogen (secondary N) is 3. The maximum Gasteiger partial charge on any atom is 0.326 e. The Bertz CT molecular complexity index is 882. The standard InChI is InChI=1S/C23H35N5O4/c24-13-5-3-9-19(22(30)28-20(23(31)32)10-4-6-14-25)27-21(29)12-11-16-15-26-18-8-2-1-7-17(16)18/h1-2,7-8,15,19-20,26H,3-6,9-14,24-25H2,(H,27,29)(H,28,30)(H,31,32)/t19-,20-/m0/s1. The molecule has 9 heteroatoms. The molecule has 0 spiro atoms. The van der Waals surface area contributed by atoms with E-state index in [1.807, 2.05) is 30.5 Å². The molecule has 8 N–H and O–H groups in total. The van der Waals surface area contributed by atoms with Crippen LogP contribution in [0.25, 0.3) is 10.9 Å². The van der Waals surface area contributed by atoms with Gasteiger partial charge < -0.3 is 32.2 Å². The molecule has 1 aromatic carbocycles. The number of nitrogens with two attached hydrogens (primary N) is 2. The van der Waals surface area contributed by atoms with Crippen molar-refractivity contribution < 1.29 is 19.5 Å². The number of hydrogen-bond acceptors (Lipinski definition) is 5. The molecule has 0 aliphatic rings. The van der Waals surface area contributed by atoms with Crippen LogP contribution in [-0.2, 0) is 20.8 Å². The highest BCUT2D eigenvalue weighted by Crippen LogP contribution is 2.19. The van der Waals surface area contributed by atoms with Gasteiger partial charge >= 0.3 is 5.97 Å². The summed E-state index contributed by atoms with van der Waals surface area (Å²) < 4.78 is 0. The van der Waals surface area contributed by atoms with E-state index in [-0.39, 0.29) is 12.3 Å². The summed E-state index contributed by atoms with van der Waals surface area (Å²) >= 11 is 0. The van der Waals surface area contributed by atoms with Gasteiger partial charge in [0.1, 0.15) is 12.1 Å².